The molecule has 156 valence electrons. The van der Waals surface area contributed by atoms with E-state index in [4.69, 9.17) is 4.98 Å². The van der Waals surface area contributed by atoms with E-state index in [1.165, 1.54) is 0 Å². The molecular formula is C25H18N4O3. The fourth-order valence-electron chi connectivity index (χ4n) is 5.56. The van der Waals surface area contributed by atoms with E-state index in [1.807, 2.05) is 42.5 Å². The first-order chi connectivity index (χ1) is 15.6. The van der Waals surface area contributed by atoms with E-state index in [-0.39, 0.29) is 17.9 Å². The number of amides is 1. The molecule has 3 aliphatic heterocycles. The lowest BCUT2D eigenvalue weighted by molar-refractivity contribution is 0.0185. The van der Waals surface area contributed by atoms with Gasteiger partial charge in [-0.1, -0.05) is 42.5 Å². The molecule has 32 heavy (non-hydrogen) atoms. The van der Waals surface area contributed by atoms with Gasteiger partial charge in [-0.2, -0.15) is 0 Å². The van der Waals surface area contributed by atoms with E-state index in [1.54, 1.807) is 39.8 Å². The molecule has 0 saturated carbocycles. The molecule has 0 bridgehead atoms. The number of aromatic nitrogens is 2. The molecule has 2 N–H and O–H groups in total. The van der Waals surface area contributed by atoms with Gasteiger partial charge in [-0.15, -0.1) is 0 Å². The number of carbonyl (C=O) groups is 1. The maximum Gasteiger partial charge on any atom is 0.266 e. The van der Waals surface area contributed by atoms with Gasteiger partial charge in [0.25, 0.3) is 11.5 Å². The van der Waals surface area contributed by atoms with Gasteiger partial charge in [-0.05, 0) is 30.3 Å². The first-order valence-corrected chi connectivity index (χ1v) is 10.6. The van der Waals surface area contributed by atoms with Crippen molar-refractivity contribution in [3.05, 3.63) is 100 Å². The second kappa shape index (κ2) is 5.83. The summed E-state index contributed by atoms with van der Waals surface area (Å²) in [5, 5.41) is 15.6. The number of nitrogens with one attached hydrogen (secondary N) is 1. The zero-order valence-electron chi connectivity index (χ0n) is 16.9. The topological polar surface area (TPSA) is 87.5 Å². The van der Waals surface area contributed by atoms with Crippen LogP contribution in [0.4, 0.5) is 5.69 Å². The molecule has 4 aromatic rings. The summed E-state index contributed by atoms with van der Waals surface area (Å²) in [6.45, 7) is 0. The summed E-state index contributed by atoms with van der Waals surface area (Å²) in [5.41, 5.74) is 1.58. The summed E-state index contributed by atoms with van der Waals surface area (Å²) >= 11 is 0. The maximum atomic E-state index is 13.9. The van der Waals surface area contributed by atoms with Crippen LogP contribution < -0.4 is 10.9 Å². The van der Waals surface area contributed by atoms with Crippen molar-refractivity contribution in [2.45, 2.75) is 24.2 Å². The van der Waals surface area contributed by atoms with Gasteiger partial charge in [0.2, 0.25) is 0 Å². The highest BCUT2D eigenvalue weighted by Gasteiger charge is 2.60. The Morgan fingerprint density at radius 3 is 2.62 bits per heavy atom. The molecule has 1 aromatic heterocycles. The molecule has 1 amide bonds. The Labute approximate surface area is 182 Å². The predicted octanol–water partition coefficient (Wildman–Crippen LogP) is 2.93. The highest BCUT2D eigenvalue weighted by Crippen LogP contribution is 2.54. The number of hydrogen-bond donors (Lipinski definition) is 2. The summed E-state index contributed by atoms with van der Waals surface area (Å²) < 4.78 is 1.55. The molecule has 7 rings (SSSR count). The molecule has 3 atom stereocenters. The smallest absolute Gasteiger partial charge is 0.266 e. The Hall–Kier alpha value is -3.97. The second-order valence-electron chi connectivity index (χ2n) is 8.59. The van der Waals surface area contributed by atoms with Crippen LogP contribution in [0, 0.1) is 0 Å². The highest BCUT2D eigenvalue weighted by molar-refractivity contribution is 6.00. The number of anilines is 1. The van der Waals surface area contributed by atoms with E-state index in [9.17, 15) is 14.7 Å². The van der Waals surface area contributed by atoms with Gasteiger partial charge in [0.15, 0.2) is 0 Å². The quantitative estimate of drug-likeness (QED) is 0.455. The fraction of sp³-hybridized carbons (Fsp3) is 0.160. The Kier molecular flexibility index (Phi) is 3.22. The van der Waals surface area contributed by atoms with Crippen LogP contribution in [0.2, 0.25) is 0 Å². The summed E-state index contributed by atoms with van der Waals surface area (Å²) in [6, 6.07) is 21.3. The Morgan fingerprint density at radius 2 is 1.72 bits per heavy atom. The number of para-hydroxylation sites is 3. The van der Waals surface area contributed by atoms with Crippen molar-refractivity contribution in [3.8, 4) is 5.69 Å². The molecule has 0 unspecified atom stereocenters. The molecule has 7 nitrogen and oxygen atoms in total. The van der Waals surface area contributed by atoms with Crippen LogP contribution in [0.15, 0.2) is 77.6 Å². The molecule has 1 fully saturated rings. The SMILES string of the molecule is O=C1c2ccccc2-n2c(nc3ccccc3c2=O)[C@@H]2C[C@]3(O)c4ccccc4N[C@H]3N12. The highest BCUT2D eigenvalue weighted by atomic mass is 16.3. The molecule has 4 heterocycles. The lowest BCUT2D eigenvalue weighted by Gasteiger charge is -2.29. The zero-order valence-corrected chi connectivity index (χ0v) is 16.9. The molecule has 1 saturated heterocycles. The first-order valence-electron chi connectivity index (χ1n) is 10.6. The van der Waals surface area contributed by atoms with Crippen LogP contribution in [0.25, 0.3) is 16.6 Å². The number of hydrogen-bond acceptors (Lipinski definition) is 5. The van der Waals surface area contributed by atoms with Crippen LogP contribution in [-0.2, 0) is 5.60 Å². The summed E-state index contributed by atoms with van der Waals surface area (Å²) in [5.74, 6) is 0.231. The van der Waals surface area contributed by atoms with E-state index < -0.39 is 17.8 Å². The normalized spacial score (nSPS) is 24.8. The van der Waals surface area contributed by atoms with Crippen molar-refractivity contribution in [2.75, 3.05) is 5.32 Å². The summed E-state index contributed by atoms with van der Waals surface area (Å²) in [7, 11) is 0. The number of aliphatic hydroxyl groups is 1. The number of nitrogens with zero attached hydrogens (tertiary/aromatic N) is 3. The molecular weight excluding hydrogens is 404 g/mol. The molecule has 3 aliphatic rings. The third-order valence-corrected chi connectivity index (χ3v) is 6.97. The van der Waals surface area contributed by atoms with Gasteiger partial charge in [0.05, 0.1) is 28.2 Å². The van der Waals surface area contributed by atoms with Gasteiger partial charge in [0.1, 0.15) is 17.6 Å². The zero-order chi connectivity index (χ0) is 21.6. The third-order valence-electron chi connectivity index (χ3n) is 6.97. The lowest BCUT2D eigenvalue weighted by Crippen LogP contribution is -2.46. The lowest BCUT2D eigenvalue weighted by atomic mass is 9.91. The largest absolute Gasteiger partial charge is 0.381 e. The minimum atomic E-state index is -1.28. The second-order valence-corrected chi connectivity index (χ2v) is 8.59. The van der Waals surface area contributed by atoms with Crippen molar-refractivity contribution in [1.82, 2.24) is 14.5 Å². The van der Waals surface area contributed by atoms with Crippen LogP contribution in [0.5, 0.6) is 0 Å². The van der Waals surface area contributed by atoms with Crippen molar-refractivity contribution in [3.63, 3.8) is 0 Å². The van der Waals surface area contributed by atoms with Gasteiger partial charge in [0, 0.05) is 17.7 Å². The van der Waals surface area contributed by atoms with Crippen LogP contribution in [-0.4, -0.2) is 31.6 Å². The standard InChI is InChI=1S/C25H18N4O3/c30-22-14-7-1-4-10-17(14)26-21-20-13-25(32)16-9-3-5-11-18(16)27-24(25)29(20)23(31)15-8-2-6-12-19(15)28(21)22/h1-12,20,24,27,32H,13H2/t20-,24-,25-/m0/s1. The van der Waals surface area contributed by atoms with Crippen LogP contribution in [0.1, 0.15) is 34.2 Å². The number of rotatable bonds is 0. The molecule has 0 spiro atoms. The molecule has 0 aliphatic carbocycles. The van der Waals surface area contributed by atoms with Gasteiger partial charge in [-0.3, -0.25) is 14.2 Å². The summed E-state index contributed by atoms with van der Waals surface area (Å²) in [4.78, 5) is 34.0. The summed E-state index contributed by atoms with van der Waals surface area (Å²) in [6.07, 6.45) is -0.410. The molecule has 3 aromatic carbocycles. The van der Waals surface area contributed by atoms with Crippen LogP contribution in [0.3, 0.4) is 0 Å². The Balaban J connectivity index is 1.56. The molecule has 0 radical (unpaired) electrons. The van der Waals surface area contributed by atoms with Gasteiger partial charge < -0.3 is 15.3 Å². The predicted molar refractivity (Wildman–Crippen MR) is 119 cm³/mol. The Bertz CT molecular complexity index is 1530. The third kappa shape index (κ3) is 2.01. The van der Waals surface area contributed by atoms with E-state index >= 15 is 0 Å². The maximum absolute atomic E-state index is 13.9. The van der Waals surface area contributed by atoms with Crippen molar-refractivity contribution in [1.29, 1.82) is 0 Å². The van der Waals surface area contributed by atoms with Crippen molar-refractivity contribution >= 4 is 22.5 Å². The van der Waals surface area contributed by atoms with Crippen molar-refractivity contribution in [2.24, 2.45) is 0 Å². The van der Waals surface area contributed by atoms with E-state index in [2.05, 4.69) is 5.32 Å². The van der Waals surface area contributed by atoms with Crippen LogP contribution >= 0.6 is 0 Å². The number of carbonyl (C=O) groups excluding carboxylic acids is 1. The van der Waals surface area contributed by atoms with E-state index in [0.29, 0.717) is 28.0 Å². The minimum absolute atomic E-state index is 0.217. The first kappa shape index (κ1) is 17.7. The monoisotopic (exact) mass is 422 g/mol. The Morgan fingerprint density at radius 1 is 0.969 bits per heavy atom. The van der Waals surface area contributed by atoms with E-state index in [0.717, 1.165) is 11.3 Å². The average molecular weight is 422 g/mol. The minimum Gasteiger partial charge on any atom is -0.381 e. The number of benzene rings is 3. The van der Waals surface area contributed by atoms with Gasteiger partial charge in [-0.25, -0.2) is 4.98 Å². The van der Waals surface area contributed by atoms with Crippen molar-refractivity contribution < 1.29 is 9.90 Å². The van der Waals surface area contributed by atoms with Gasteiger partial charge >= 0.3 is 0 Å². The number of fused-ring (bicyclic) bond motifs is 10. The molecule has 7 heteroatoms. The fourth-order valence-corrected chi connectivity index (χ4v) is 5.56. The average Bonchev–Trinajstić information content (AvgIpc) is 3.23.